The van der Waals surface area contributed by atoms with Crippen molar-refractivity contribution in [1.29, 1.82) is 0 Å². The molecule has 5 rings (SSSR count). The van der Waals surface area contributed by atoms with E-state index in [1.54, 1.807) is 23.1 Å². The van der Waals surface area contributed by atoms with Crippen LogP contribution in [0, 0.1) is 5.82 Å². The predicted octanol–water partition coefficient (Wildman–Crippen LogP) is 4.93. The molecule has 1 N–H and O–H groups in total. The Morgan fingerprint density at radius 1 is 1.22 bits per heavy atom. The zero-order chi connectivity index (χ0) is 25.9. The molecule has 1 saturated heterocycles. The quantitative estimate of drug-likeness (QED) is 0.335. The van der Waals surface area contributed by atoms with Gasteiger partial charge in [0.25, 0.3) is 12.3 Å². The Balaban J connectivity index is 1.30. The van der Waals surface area contributed by atoms with E-state index in [0.29, 0.717) is 36.7 Å². The lowest BCUT2D eigenvalue weighted by Crippen LogP contribution is -2.44. The maximum Gasteiger partial charge on any atom is 0.281 e. The van der Waals surface area contributed by atoms with Gasteiger partial charge in [0.15, 0.2) is 0 Å². The van der Waals surface area contributed by atoms with Crippen LogP contribution in [0.4, 0.5) is 13.2 Å². The zero-order valence-corrected chi connectivity index (χ0v) is 20.9. The fourth-order valence-electron chi connectivity index (χ4n) is 4.44. The highest BCUT2D eigenvalue weighted by atomic mass is 35.5. The fourth-order valence-corrected chi connectivity index (χ4v) is 5.62. The van der Waals surface area contributed by atoms with Crippen molar-refractivity contribution in [2.75, 3.05) is 19.6 Å². The molecule has 194 valence electrons. The monoisotopic (exact) mass is 550 g/mol. The summed E-state index contributed by atoms with van der Waals surface area (Å²) in [5.41, 5.74) is 1.52. The highest BCUT2D eigenvalue weighted by Crippen LogP contribution is 2.35. The first-order chi connectivity index (χ1) is 17.9. The number of hydrogen-bond acceptors (Lipinski definition) is 7. The number of ether oxygens (including phenoxy) is 1. The van der Waals surface area contributed by atoms with Gasteiger partial charge in [-0.05, 0) is 31.0 Å². The van der Waals surface area contributed by atoms with Crippen molar-refractivity contribution in [2.45, 2.75) is 31.4 Å². The molecule has 3 aromatic heterocycles. The molecule has 1 fully saturated rings. The lowest BCUT2D eigenvalue weighted by atomic mass is 10.0. The number of nitrogens with one attached hydrogen (secondary N) is 1. The molecule has 0 aliphatic carbocycles. The molecule has 1 aliphatic heterocycles. The van der Waals surface area contributed by atoms with Crippen LogP contribution >= 0.6 is 22.9 Å². The van der Waals surface area contributed by atoms with Crippen molar-refractivity contribution in [2.24, 2.45) is 0 Å². The van der Waals surface area contributed by atoms with Crippen molar-refractivity contribution in [3.8, 4) is 5.88 Å². The molecule has 1 unspecified atom stereocenters. The Morgan fingerprint density at radius 2 is 2.03 bits per heavy atom. The minimum Gasteiger partial charge on any atom is -0.473 e. The normalized spacial score (nSPS) is 15.8. The second kappa shape index (κ2) is 11.0. The molecule has 13 heteroatoms. The molecule has 1 aromatic carbocycles. The summed E-state index contributed by atoms with van der Waals surface area (Å²) in [6, 6.07) is 5.19. The molecular formula is C24H22ClF3N6O2S. The Bertz CT molecular complexity index is 1370. The van der Waals surface area contributed by atoms with Gasteiger partial charge in [-0.3, -0.25) is 9.69 Å². The van der Waals surface area contributed by atoms with Crippen molar-refractivity contribution >= 4 is 34.4 Å². The summed E-state index contributed by atoms with van der Waals surface area (Å²) in [7, 11) is 0. The number of aromatic nitrogens is 4. The predicted molar refractivity (Wildman–Crippen MR) is 132 cm³/mol. The van der Waals surface area contributed by atoms with Crippen LogP contribution in [0.3, 0.4) is 0 Å². The highest BCUT2D eigenvalue weighted by Gasteiger charge is 2.32. The zero-order valence-electron chi connectivity index (χ0n) is 19.4. The van der Waals surface area contributed by atoms with Crippen LogP contribution in [0.15, 0.2) is 48.4 Å². The molecule has 4 aromatic rings. The Morgan fingerprint density at radius 3 is 2.78 bits per heavy atom. The third-order valence-electron chi connectivity index (χ3n) is 6.26. The number of halogens is 4. The van der Waals surface area contributed by atoms with E-state index in [-0.39, 0.29) is 28.9 Å². The SMILES string of the molecule is O=C(NCC(c1scnc1C(F)F)N1CCC(Oc2nccn3nccc23)CC1)c1c(F)cccc1Cl. The Labute approximate surface area is 219 Å². The molecule has 1 amide bonds. The van der Waals surface area contributed by atoms with Crippen LogP contribution in [-0.2, 0) is 0 Å². The number of carbonyl (C=O) groups is 1. The van der Waals surface area contributed by atoms with Crippen molar-refractivity contribution in [1.82, 2.24) is 29.8 Å². The molecule has 1 atom stereocenters. The number of piperidine rings is 1. The van der Waals surface area contributed by atoms with Gasteiger partial charge in [0.05, 0.1) is 33.2 Å². The number of hydrogen-bond donors (Lipinski definition) is 1. The van der Waals surface area contributed by atoms with Gasteiger partial charge in [-0.15, -0.1) is 11.3 Å². The van der Waals surface area contributed by atoms with Gasteiger partial charge in [-0.1, -0.05) is 17.7 Å². The number of nitrogens with zero attached hydrogens (tertiary/aromatic N) is 5. The fraction of sp³-hybridized carbons (Fsp3) is 0.333. The molecule has 0 bridgehead atoms. The summed E-state index contributed by atoms with van der Waals surface area (Å²) in [4.78, 5) is 23.3. The average Bonchev–Trinajstić information content (AvgIpc) is 3.56. The summed E-state index contributed by atoms with van der Waals surface area (Å²) in [5.74, 6) is -0.992. The molecule has 4 heterocycles. The first-order valence-electron chi connectivity index (χ1n) is 11.5. The molecule has 0 spiro atoms. The van der Waals surface area contributed by atoms with Crippen LogP contribution < -0.4 is 10.1 Å². The molecular weight excluding hydrogens is 529 g/mol. The van der Waals surface area contributed by atoms with Crippen LogP contribution in [0.2, 0.25) is 5.02 Å². The summed E-state index contributed by atoms with van der Waals surface area (Å²) in [6.07, 6.45) is 3.34. The van der Waals surface area contributed by atoms with Gasteiger partial charge in [-0.25, -0.2) is 27.7 Å². The van der Waals surface area contributed by atoms with E-state index in [1.807, 2.05) is 11.0 Å². The second-order valence-electron chi connectivity index (χ2n) is 8.47. The van der Waals surface area contributed by atoms with Gasteiger partial charge >= 0.3 is 0 Å². The molecule has 0 radical (unpaired) electrons. The number of carbonyl (C=O) groups excluding carboxylic acids is 1. The van der Waals surface area contributed by atoms with E-state index in [1.165, 1.54) is 17.6 Å². The minimum atomic E-state index is -2.76. The third-order valence-corrected chi connectivity index (χ3v) is 7.52. The Hall–Kier alpha value is -3.22. The Kier molecular flexibility index (Phi) is 7.58. The van der Waals surface area contributed by atoms with Crippen LogP contribution in [-0.4, -0.2) is 56.1 Å². The van der Waals surface area contributed by atoms with Crippen LogP contribution in [0.25, 0.3) is 5.52 Å². The molecule has 1 aliphatic rings. The summed E-state index contributed by atoms with van der Waals surface area (Å²) in [6.45, 7) is 1.02. The van der Waals surface area contributed by atoms with Gasteiger partial charge in [0, 0.05) is 32.0 Å². The van der Waals surface area contributed by atoms with E-state index in [9.17, 15) is 18.0 Å². The van der Waals surface area contributed by atoms with Gasteiger partial charge in [-0.2, -0.15) is 5.10 Å². The van der Waals surface area contributed by atoms with Crippen LogP contribution in [0.1, 0.15) is 46.2 Å². The maximum atomic E-state index is 14.2. The standard InChI is InChI=1S/C24H22ClF3N6O2S/c25-15-2-1-3-16(26)19(15)23(35)30-12-18(21-20(22(27)28)31-13-37-21)33-9-5-14(6-10-33)36-24-17-4-7-32-34(17)11-8-29-24/h1-4,7-8,11,13-14,18,22H,5-6,9-10,12H2,(H,30,35). The van der Waals surface area contributed by atoms with Gasteiger partial charge < -0.3 is 10.1 Å². The number of benzene rings is 1. The first-order valence-corrected chi connectivity index (χ1v) is 12.8. The van der Waals surface area contributed by atoms with Crippen LogP contribution in [0.5, 0.6) is 5.88 Å². The molecule has 0 saturated carbocycles. The largest absolute Gasteiger partial charge is 0.473 e. The molecule has 8 nitrogen and oxygen atoms in total. The van der Waals surface area contributed by atoms with Crippen molar-refractivity contribution in [3.63, 3.8) is 0 Å². The average molecular weight is 551 g/mol. The number of likely N-dealkylation sites (tertiary alicyclic amines) is 1. The minimum absolute atomic E-state index is 0.0202. The third kappa shape index (κ3) is 5.41. The number of rotatable bonds is 8. The lowest BCUT2D eigenvalue weighted by molar-refractivity contribution is 0.0687. The van der Waals surface area contributed by atoms with Gasteiger partial charge in [0.1, 0.15) is 23.1 Å². The summed E-state index contributed by atoms with van der Waals surface area (Å²) in [5, 5.41) is 6.83. The maximum absolute atomic E-state index is 14.2. The number of alkyl halides is 2. The van der Waals surface area contributed by atoms with E-state index in [2.05, 4.69) is 20.4 Å². The first kappa shape index (κ1) is 25.4. The van der Waals surface area contributed by atoms with Crippen molar-refractivity contribution in [3.05, 3.63) is 75.3 Å². The number of fused-ring (bicyclic) bond motifs is 1. The number of thiazole rings is 1. The summed E-state index contributed by atoms with van der Waals surface area (Å²) < 4.78 is 49.4. The van der Waals surface area contributed by atoms with E-state index < -0.39 is 24.2 Å². The van der Waals surface area contributed by atoms with E-state index in [4.69, 9.17) is 16.3 Å². The van der Waals surface area contributed by atoms with Crippen molar-refractivity contribution < 1.29 is 22.7 Å². The molecule has 37 heavy (non-hydrogen) atoms. The topological polar surface area (TPSA) is 84.7 Å². The highest BCUT2D eigenvalue weighted by molar-refractivity contribution is 7.09. The van der Waals surface area contributed by atoms with Gasteiger partial charge in [0.2, 0.25) is 5.88 Å². The number of amides is 1. The van der Waals surface area contributed by atoms with E-state index >= 15 is 0 Å². The lowest BCUT2D eigenvalue weighted by Gasteiger charge is -2.37. The van der Waals surface area contributed by atoms with E-state index in [0.717, 1.165) is 22.9 Å². The second-order valence-corrected chi connectivity index (χ2v) is 9.77. The summed E-state index contributed by atoms with van der Waals surface area (Å²) >= 11 is 7.13. The smallest absolute Gasteiger partial charge is 0.281 e.